The van der Waals surface area contributed by atoms with Crippen LogP contribution in [-0.4, -0.2) is 39.6 Å². The van der Waals surface area contributed by atoms with E-state index < -0.39 is 0 Å². The first-order valence-electron chi connectivity index (χ1n) is 7.33. The Morgan fingerprint density at radius 1 is 1.26 bits per heavy atom. The number of ketones is 1. The van der Waals surface area contributed by atoms with E-state index in [1.54, 1.807) is 6.92 Å². The van der Waals surface area contributed by atoms with Gasteiger partial charge >= 0.3 is 5.97 Å². The number of carbonyl (C=O) groups excluding carboxylic acids is 2. The molecule has 0 aliphatic heterocycles. The number of hydrogen-bond donors (Lipinski definition) is 0. The molecule has 2 heterocycles. The van der Waals surface area contributed by atoms with Crippen LogP contribution in [0.5, 0.6) is 0 Å². The second kappa shape index (κ2) is 7.50. The third-order valence-corrected chi connectivity index (χ3v) is 4.24. The quantitative estimate of drug-likeness (QED) is 0.572. The molecular formula is C16H20N2O4S. The van der Waals surface area contributed by atoms with Crippen LogP contribution in [0, 0.1) is 20.8 Å². The average molecular weight is 336 g/mol. The average Bonchev–Trinajstić information content (AvgIpc) is 3.02. The van der Waals surface area contributed by atoms with E-state index >= 15 is 0 Å². The smallest absolute Gasteiger partial charge is 0.315 e. The summed E-state index contributed by atoms with van der Waals surface area (Å²) in [5.41, 5.74) is 2.37. The number of esters is 1. The first-order valence-corrected chi connectivity index (χ1v) is 8.48. The zero-order valence-corrected chi connectivity index (χ0v) is 14.5. The van der Waals surface area contributed by atoms with Gasteiger partial charge in [0.15, 0.2) is 11.6 Å². The zero-order chi connectivity index (χ0) is 17.0. The molecule has 0 bridgehead atoms. The normalized spacial score (nSPS) is 10.8. The SMILES string of the molecule is CCOC(=O)CSCC(=O)c1cc(C)n(-c2cc(C)on2)c1C. The van der Waals surface area contributed by atoms with Gasteiger partial charge in [0.2, 0.25) is 0 Å². The van der Waals surface area contributed by atoms with E-state index in [4.69, 9.17) is 9.26 Å². The summed E-state index contributed by atoms with van der Waals surface area (Å²) in [6.45, 7) is 7.72. The van der Waals surface area contributed by atoms with Gasteiger partial charge in [-0.1, -0.05) is 5.16 Å². The summed E-state index contributed by atoms with van der Waals surface area (Å²) >= 11 is 1.26. The molecule has 0 spiro atoms. The molecule has 0 aromatic carbocycles. The lowest BCUT2D eigenvalue weighted by atomic mass is 10.2. The van der Waals surface area contributed by atoms with Gasteiger partial charge in [0.25, 0.3) is 0 Å². The number of ether oxygens (including phenoxy) is 1. The minimum absolute atomic E-state index is 0.0149. The molecule has 2 rings (SSSR count). The lowest BCUT2D eigenvalue weighted by Crippen LogP contribution is -2.10. The Morgan fingerprint density at radius 2 is 2.00 bits per heavy atom. The first-order chi connectivity index (χ1) is 10.9. The molecule has 7 heteroatoms. The zero-order valence-electron chi connectivity index (χ0n) is 13.7. The summed E-state index contributed by atoms with van der Waals surface area (Å²) in [7, 11) is 0. The van der Waals surface area contributed by atoms with Crippen molar-refractivity contribution in [3.05, 3.63) is 34.8 Å². The molecule has 0 saturated carbocycles. The highest BCUT2D eigenvalue weighted by Gasteiger charge is 2.18. The van der Waals surface area contributed by atoms with E-state index in [-0.39, 0.29) is 23.3 Å². The van der Waals surface area contributed by atoms with Crippen LogP contribution in [0.3, 0.4) is 0 Å². The first kappa shape index (κ1) is 17.3. The van der Waals surface area contributed by atoms with E-state index in [1.165, 1.54) is 11.8 Å². The number of hydrogen-bond acceptors (Lipinski definition) is 6. The summed E-state index contributed by atoms with van der Waals surface area (Å²) in [4.78, 5) is 23.7. The van der Waals surface area contributed by atoms with Crippen molar-refractivity contribution in [1.82, 2.24) is 9.72 Å². The number of carbonyl (C=O) groups is 2. The van der Waals surface area contributed by atoms with Crippen molar-refractivity contribution in [2.24, 2.45) is 0 Å². The van der Waals surface area contributed by atoms with Gasteiger partial charge in [-0.2, -0.15) is 0 Å². The largest absolute Gasteiger partial charge is 0.465 e. The molecule has 0 N–H and O–H groups in total. The molecule has 124 valence electrons. The fourth-order valence-corrected chi connectivity index (χ4v) is 3.06. The van der Waals surface area contributed by atoms with E-state index in [0.717, 1.165) is 11.4 Å². The van der Waals surface area contributed by atoms with Crippen LogP contribution in [0.2, 0.25) is 0 Å². The number of aryl methyl sites for hydroxylation is 2. The van der Waals surface area contributed by atoms with Gasteiger partial charge in [0, 0.05) is 23.0 Å². The molecule has 0 radical (unpaired) electrons. The maximum Gasteiger partial charge on any atom is 0.315 e. The van der Waals surface area contributed by atoms with E-state index in [2.05, 4.69) is 5.16 Å². The van der Waals surface area contributed by atoms with Crippen molar-refractivity contribution in [2.75, 3.05) is 18.1 Å². The van der Waals surface area contributed by atoms with Crippen LogP contribution in [0.15, 0.2) is 16.7 Å². The summed E-state index contributed by atoms with van der Waals surface area (Å²) < 4.78 is 11.8. The van der Waals surface area contributed by atoms with Gasteiger partial charge in [0.1, 0.15) is 5.76 Å². The van der Waals surface area contributed by atoms with Crippen LogP contribution < -0.4 is 0 Å². The highest BCUT2D eigenvalue weighted by atomic mass is 32.2. The Morgan fingerprint density at radius 3 is 2.61 bits per heavy atom. The van der Waals surface area contributed by atoms with Crippen molar-refractivity contribution in [2.45, 2.75) is 27.7 Å². The van der Waals surface area contributed by atoms with Crippen molar-refractivity contribution in [3.63, 3.8) is 0 Å². The predicted octanol–water partition coefficient (Wildman–Crippen LogP) is 2.87. The second-order valence-corrected chi connectivity index (χ2v) is 6.12. The van der Waals surface area contributed by atoms with Gasteiger partial charge < -0.3 is 9.26 Å². The fourth-order valence-electron chi connectivity index (χ4n) is 2.36. The molecule has 0 amide bonds. The second-order valence-electron chi connectivity index (χ2n) is 5.14. The highest BCUT2D eigenvalue weighted by molar-refractivity contribution is 8.00. The molecule has 0 atom stereocenters. The van der Waals surface area contributed by atoms with Gasteiger partial charge in [-0.3, -0.25) is 14.2 Å². The number of rotatable bonds is 7. The summed E-state index contributed by atoms with van der Waals surface area (Å²) in [5.74, 6) is 1.48. The fraction of sp³-hybridized carbons (Fsp3) is 0.438. The van der Waals surface area contributed by atoms with Gasteiger partial charge in [-0.05, 0) is 33.8 Å². The maximum atomic E-state index is 12.4. The Balaban J connectivity index is 2.09. The maximum absolute atomic E-state index is 12.4. The summed E-state index contributed by atoms with van der Waals surface area (Å²) in [5, 5.41) is 4.00. The van der Waals surface area contributed by atoms with Crippen molar-refractivity contribution >= 4 is 23.5 Å². The third kappa shape index (κ3) is 4.04. The van der Waals surface area contributed by atoms with E-state index in [1.807, 2.05) is 37.5 Å². The highest BCUT2D eigenvalue weighted by Crippen LogP contribution is 2.22. The monoisotopic (exact) mass is 336 g/mol. The third-order valence-electron chi connectivity index (χ3n) is 3.33. The van der Waals surface area contributed by atoms with Crippen LogP contribution in [0.1, 0.15) is 34.4 Å². The lowest BCUT2D eigenvalue weighted by Gasteiger charge is -2.05. The number of aromatic nitrogens is 2. The number of nitrogens with zero attached hydrogens (tertiary/aromatic N) is 2. The van der Waals surface area contributed by atoms with Crippen LogP contribution >= 0.6 is 11.8 Å². The van der Waals surface area contributed by atoms with Gasteiger partial charge in [0.05, 0.1) is 18.1 Å². The van der Waals surface area contributed by atoms with Gasteiger partial charge in [-0.15, -0.1) is 11.8 Å². The molecule has 0 aliphatic rings. The Labute approximate surface area is 139 Å². The molecule has 6 nitrogen and oxygen atoms in total. The molecule has 0 unspecified atom stereocenters. The molecule has 0 aliphatic carbocycles. The predicted molar refractivity (Wildman–Crippen MR) is 88.3 cm³/mol. The van der Waals surface area contributed by atoms with E-state index in [9.17, 15) is 9.59 Å². The Hall–Kier alpha value is -2.02. The standard InChI is InChI=1S/C16H20N2O4S/c1-5-21-16(20)9-23-8-14(19)13-6-10(2)18(12(13)4)15-7-11(3)22-17-15/h6-7H,5,8-9H2,1-4H3. The molecule has 2 aromatic rings. The topological polar surface area (TPSA) is 74.3 Å². The van der Waals surface area contributed by atoms with Crippen molar-refractivity contribution in [1.29, 1.82) is 0 Å². The molecule has 0 saturated heterocycles. The Kier molecular flexibility index (Phi) is 5.65. The molecule has 0 fully saturated rings. The summed E-state index contributed by atoms with van der Waals surface area (Å²) in [6, 6.07) is 3.66. The number of thioether (sulfide) groups is 1. The minimum atomic E-state index is -0.297. The van der Waals surface area contributed by atoms with Crippen LogP contribution in [0.25, 0.3) is 5.82 Å². The molecular weight excluding hydrogens is 316 g/mol. The van der Waals surface area contributed by atoms with E-state index in [0.29, 0.717) is 23.7 Å². The summed E-state index contributed by atoms with van der Waals surface area (Å²) in [6.07, 6.45) is 0. The van der Waals surface area contributed by atoms with Crippen molar-refractivity contribution in [3.8, 4) is 5.82 Å². The van der Waals surface area contributed by atoms with Crippen LogP contribution in [-0.2, 0) is 9.53 Å². The Bertz CT molecular complexity index is 718. The molecule has 2 aromatic heterocycles. The van der Waals surface area contributed by atoms with Crippen molar-refractivity contribution < 1.29 is 18.8 Å². The molecule has 23 heavy (non-hydrogen) atoms. The van der Waals surface area contributed by atoms with Gasteiger partial charge in [-0.25, -0.2) is 0 Å². The number of Topliss-reactive ketones (excluding diaryl/α,β-unsaturated/α-hetero) is 1. The lowest BCUT2D eigenvalue weighted by molar-refractivity contribution is -0.139. The minimum Gasteiger partial charge on any atom is -0.465 e. The van der Waals surface area contributed by atoms with Crippen LogP contribution in [0.4, 0.5) is 0 Å².